The molecule has 0 aliphatic carbocycles. The van der Waals surface area contributed by atoms with E-state index in [0.29, 0.717) is 8.83 Å². The summed E-state index contributed by atoms with van der Waals surface area (Å²) in [5.41, 5.74) is 5.06. The van der Waals surface area contributed by atoms with Crippen LogP contribution in [-0.4, -0.2) is 20.9 Å². The molecule has 0 saturated carbocycles. The highest BCUT2D eigenvalue weighted by Gasteiger charge is 2.17. The Kier molecular flexibility index (Phi) is 4.07. The molecule has 0 atom stereocenters. The lowest BCUT2D eigenvalue weighted by atomic mass is 10.0. The first-order valence-electron chi connectivity index (χ1n) is 7.92. The zero-order chi connectivity index (χ0) is 17.4. The number of allylic oxidation sites excluding steroid dienone is 1. The Morgan fingerprint density at radius 3 is 2.92 bits per heavy atom. The van der Waals surface area contributed by atoms with Gasteiger partial charge in [-0.1, -0.05) is 25.1 Å². The number of benzene rings is 1. The van der Waals surface area contributed by atoms with Crippen LogP contribution in [-0.2, 0) is 6.42 Å². The first kappa shape index (κ1) is 15.9. The lowest BCUT2D eigenvalue weighted by Crippen LogP contribution is -1.93. The van der Waals surface area contributed by atoms with Crippen molar-refractivity contribution in [2.24, 2.45) is 4.99 Å². The van der Waals surface area contributed by atoms with Gasteiger partial charge < -0.3 is 5.11 Å². The van der Waals surface area contributed by atoms with Gasteiger partial charge in [0.15, 0.2) is 3.95 Å². The van der Waals surface area contributed by atoms with Crippen LogP contribution in [0, 0.1) is 3.95 Å². The molecule has 3 aromatic rings. The molecule has 6 heteroatoms. The van der Waals surface area contributed by atoms with Crippen molar-refractivity contribution in [1.29, 1.82) is 0 Å². The van der Waals surface area contributed by atoms with E-state index in [1.165, 1.54) is 16.9 Å². The standard InChI is InChI=1S/C19H15N3OS2/c1-2-12-5-3-7-15-13(10-21-17(12)15)9-16-18(23)22(19(24)25-16)14-6-4-8-20-11-14/h3-11,23H,2H2,1H3/b13-9-. The molecule has 1 aliphatic heterocycles. The van der Waals surface area contributed by atoms with Gasteiger partial charge in [0.2, 0.25) is 5.88 Å². The van der Waals surface area contributed by atoms with E-state index in [-0.39, 0.29) is 5.88 Å². The molecule has 1 aromatic carbocycles. The van der Waals surface area contributed by atoms with Crippen LogP contribution >= 0.6 is 23.6 Å². The molecular formula is C19H15N3OS2. The van der Waals surface area contributed by atoms with Crippen molar-refractivity contribution in [2.45, 2.75) is 13.3 Å². The Labute approximate surface area is 154 Å². The highest BCUT2D eigenvalue weighted by molar-refractivity contribution is 7.73. The van der Waals surface area contributed by atoms with Crippen molar-refractivity contribution < 1.29 is 5.11 Å². The molecule has 0 amide bonds. The van der Waals surface area contributed by atoms with E-state index in [2.05, 4.69) is 29.0 Å². The third kappa shape index (κ3) is 2.73. The number of para-hydroxylation sites is 1. The molecule has 124 valence electrons. The second-order valence-corrected chi connectivity index (χ2v) is 7.30. The van der Waals surface area contributed by atoms with Crippen LogP contribution < -0.4 is 0 Å². The Morgan fingerprint density at radius 1 is 1.28 bits per heavy atom. The minimum Gasteiger partial charge on any atom is -0.493 e. The van der Waals surface area contributed by atoms with Gasteiger partial charge in [0, 0.05) is 23.5 Å². The molecule has 0 radical (unpaired) electrons. The molecule has 0 unspecified atom stereocenters. The largest absolute Gasteiger partial charge is 0.493 e. The molecule has 3 heterocycles. The van der Waals surface area contributed by atoms with Gasteiger partial charge in [-0.3, -0.25) is 14.5 Å². The van der Waals surface area contributed by atoms with E-state index in [1.54, 1.807) is 17.0 Å². The van der Waals surface area contributed by atoms with Crippen LogP contribution in [0.1, 0.15) is 22.9 Å². The number of nitrogens with zero attached hydrogens (tertiary/aromatic N) is 3. The minimum absolute atomic E-state index is 0.129. The minimum atomic E-state index is 0.129. The fourth-order valence-electron chi connectivity index (χ4n) is 2.91. The monoisotopic (exact) mass is 365 g/mol. The number of hydrogen-bond donors (Lipinski definition) is 1. The topological polar surface area (TPSA) is 50.4 Å². The SMILES string of the molecule is CCc1cccc2c1N=C/C2=C/c1sc(=S)n(-c2cccnc2)c1O. The molecule has 1 aliphatic rings. The number of aromatic hydroxyl groups is 1. The van der Waals surface area contributed by atoms with Gasteiger partial charge in [-0.15, -0.1) is 11.3 Å². The first-order chi connectivity index (χ1) is 12.2. The molecule has 0 spiro atoms. The van der Waals surface area contributed by atoms with Crippen LogP contribution in [0.15, 0.2) is 47.7 Å². The zero-order valence-corrected chi connectivity index (χ0v) is 15.1. The summed E-state index contributed by atoms with van der Waals surface area (Å²) in [5.74, 6) is 0.129. The average molecular weight is 365 g/mol. The molecule has 0 saturated heterocycles. The third-order valence-corrected chi connectivity index (χ3v) is 5.46. The maximum Gasteiger partial charge on any atom is 0.215 e. The quantitative estimate of drug-likeness (QED) is 0.650. The molecule has 25 heavy (non-hydrogen) atoms. The van der Waals surface area contributed by atoms with Gasteiger partial charge in [0.05, 0.1) is 22.4 Å². The summed E-state index contributed by atoms with van der Waals surface area (Å²) < 4.78 is 2.21. The van der Waals surface area contributed by atoms with Crippen LogP contribution in [0.2, 0.25) is 0 Å². The van der Waals surface area contributed by atoms with Crippen molar-refractivity contribution in [1.82, 2.24) is 9.55 Å². The van der Waals surface area contributed by atoms with Crippen LogP contribution in [0.25, 0.3) is 17.3 Å². The van der Waals surface area contributed by atoms with E-state index in [1.807, 2.05) is 30.5 Å². The molecule has 0 bridgehead atoms. The number of hydrogen-bond acceptors (Lipinski definition) is 5. The van der Waals surface area contributed by atoms with Crippen LogP contribution in [0.3, 0.4) is 0 Å². The second kappa shape index (κ2) is 6.38. The van der Waals surface area contributed by atoms with E-state index >= 15 is 0 Å². The van der Waals surface area contributed by atoms with E-state index in [9.17, 15) is 5.11 Å². The average Bonchev–Trinajstić information content (AvgIpc) is 3.17. The first-order valence-corrected chi connectivity index (χ1v) is 9.14. The lowest BCUT2D eigenvalue weighted by Gasteiger charge is -2.05. The Balaban J connectivity index is 1.81. The molecule has 4 rings (SSSR count). The number of aryl methyl sites for hydroxylation is 1. The lowest BCUT2D eigenvalue weighted by molar-refractivity contribution is 0.441. The molecule has 2 aromatic heterocycles. The van der Waals surface area contributed by atoms with Crippen molar-refractivity contribution in [3.63, 3.8) is 0 Å². The van der Waals surface area contributed by atoms with Gasteiger partial charge in [-0.05, 0) is 42.4 Å². The number of aromatic nitrogens is 2. The van der Waals surface area contributed by atoms with Gasteiger partial charge >= 0.3 is 0 Å². The highest BCUT2D eigenvalue weighted by Crippen LogP contribution is 2.38. The summed E-state index contributed by atoms with van der Waals surface area (Å²) in [6, 6.07) is 9.88. The number of thiazole rings is 1. The summed E-state index contributed by atoms with van der Waals surface area (Å²) in [5, 5.41) is 10.7. The fraction of sp³-hybridized carbons (Fsp3) is 0.105. The summed E-state index contributed by atoms with van der Waals surface area (Å²) >= 11 is 6.80. The van der Waals surface area contributed by atoms with Gasteiger partial charge in [-0.2, -0.15) is 0 Å². The third-order valence-electron chi connectivity index (χ3n) is 4.15. The summed E-state index contributed by atoms with van der Waals surface area (Å²) in [4.78, 5) is 9.36. The summed E-state index contributed by atoms with van der Waals surface area (Å²) in [6.07, 6.45) is 8.10. The number of pyridine rings is 1. The van der Waals surface area contributed by atoms with Crippen molar-refractivity contribution >= 4 is 47.1 Å². The van der Waals surface area contributed by atoms with E-state index in [0.717, 1.165) is 28.9 Å². The molecule has 1 N–H and O–H groups in total. The van der Waals surface area contributed by atoms with E-state index < -0.39 is 0 Å². The molecule has 0 fully saturated rings. The predicted molar refractivity (Wildman–Crippen MR) is 106 cm³/mol. The summed E-state index contributed by atoms with van der Waals surface area (Å²) in [6.45, 7) is 2.12. The maximum absolute atomic E-state index is 10.7. The second-order valence-electron chi connectivity index (χ2n) is 5.63. The predicted octanol–water partition coefficient (Wildman–Crippen LogP) is 5.19. The van der Waals surface area contributed by atoms with Gasteiger partial charge in [-0.25, -0.2) is 0 Å². The van der Waals surface area contributed by atoms with Crippen LogP contribution in [0.5, 0.6) is 5.88 Å². The van der Waals surface area contributed by atoms with Crippen molar-refractivity contribution in [2.75, 3.05) is 0 Å². The molecular weight excluding hydrogens is 350 g/mol. The Hall–Kier alpha value is -2.57. The van der Waals surface area contributed by atoms with Gasteiger partial charge in [0.25, 0.3) is 0 Å². The molecule has 4 nitrogen and oxygen atoms in total. The normalized spacial score (nSPS) is 14.2. The van der Waals surface area contributed by atoms with Crippen LogP contribution in [0.4, 0.5) is 5.69 Å². The van der Waals surface area contributed by atoms with Gasteiger partial charge in [0.1, 0.15) is 0 Å². The smallest absolute Gasteiger partial charge is 0.215 e. The Morgan fingerprint density at radius 2 is 2.16 bits per heavy atom. The zero-order valence-electron chi connectivity index (χ0n) is 13.5. The maximum atomic E-state index is 10.7. The highest BCUT2D eigenvalue weighted by atomic mass is 32.1. The Bertz CT molecular complexity index is 1060. The fourth-order valence-corrected chi connectivity index (χ4v) is 4.21. The number of aliphatic imine (C=N–C) groups is 1. The van der Waals surface area contributed by atoms with Crippen molar-refractivity contribution in [3.8, 4) is 11.6 Å². The van der Waals surface area contributed by atoms with E-state index in [4.69, 9.17) is 12.2 Å². The number of rotatable bonds is 3. The number of fused-ring (bicyclic) bond motifs is 1. The summed E-state index contributed by atoms with van der Waals surface area (Å²) in [7, 11) is 0. The van der Waals surface area contributed by atoms with Crippen molar-refractivity contribution in [3.05, 3.63) is 62.7 Å².